The third kappa shape index (κ3) is 6.54. The van der Waals surface area contributed by atoms with Crippen molar-refractivity contribution in [2.24, 2.45) is 0 Å². The van der Waals surface area contributed by atoms with Gasteiger partial charge in [-0.05, 0) is 48.5 Å². The number of carbonyl (C=O) groups is 2. The number of hydrogen-bond acceptors (Lipinski definition) is 5. The smallest absolute Gasteiger partial charge is 0.254 e. The van der Waals surface area contributed by atoms with Gasteiger partial charge in [-0.3, -0.25) is 14.5 Å². The zero-order valence-corrected chi connectivity index (χ0v) is 19.8. The van der Waals surface area contributed by atoms with Crippen molar-refractivity contribution in [2.75, 3.05) is 65.6 Å². The highest BCUT2D eigenvalue weighted by Gasteiger charge is 2.29. The number of rotatable bonds is 7. The van der Waals surface area contributed by atoms with Crippen molar-refractivity contribution in [3.63, 3.8) is 0 Å². The van der Waals surface area contributed by atoms with Crippen LogP contribution < -0.4 is 0 Å². The molecule has 4 rings (SSSR count). The molecule has 0 bridgehead atoms. The Bertz CT molecular complexity index is 967. The Morgan fingerprint density at radius 1 is 0.971 bits per heavy atom. The predicted octanol–water partition coefficient (Wildman–Crippen LogP) is 2.79. The van der Waals surface area contributed by atoms with E-state index in [1.165, 1.54) is 24.3 Å². The molecule has 2 fully saturated rings. The summed E-state index contributed by atoms with van der Waals surface area (Å²) < 4.78 is 24.7. The second kappa shape index (κ2) is 11.8. The van der Waals surface area contributed by atoms with Gasteiger partial charge in [0.05, 0.1) is 25.9 Å². The number of ether oxygens (including phenoxy) is 2. The van der Waals surface area contributed by atoms with Crippen molar-refractivity contribution in [3.8, 4) is 0 Å². The molecular weight excluding hydrogens is 461 g/mol. The lowest BCUT2D eigenvalue weighted by molar-refractivity contribution is -0.0346. The maximum atomic E-state index is 13.4. The molecule has 2 amide bonds. The molecule has 0 radical (unpaired) electrons. The molecule has 0 saturated carbocycles. The fourth-order valence-corrected chi connectivity index (χ4v) is 4.30. The van der Waals surface area contributed by atoms with E-state index in [0.29, 0.717) is 68.7 Å². The fourth-order valence-electron chi connectivity index (χ4n) is 4.17. The molecule has 2 aliphatic rings. The highest BCUT2D eigenvalue weighted by atomic mass is 35.5. The molecule has 1 unspecified atom stereocenters. The lowest BCUT2D eigenvalue weighted by atomic mass is 10.1. The van der Waals surface area contributed by atoms with E-state index < -0.39 is 0 Å². The Hall–Kier alpha value is -2.52. The minimum atomic E-state index is -0.386. The van der Waals surface area contributed by atoms with Crippen LogP contribution in [0.5, 0.6) is 0 Å². The van der Waals surface area contributed by atoms with Crippen LogP contribution in [0.2, 0.25) is 5.02 Å². The second-order valence-electron chi connectivity index (χ2n) is 8.46. The van der Waals surface area contributed by atoms with Crippen molar-refractivity contribution in [1.82, 2.24) is 14.7 Å². The first kappa shape index (κ1) is 24.6. The summed E-state index contributed by atoms with van der Waals surface area (Å²) in [6.45, 7) is 5.81. The standard InChI is InChI=1S/C25H29ClFN3O4/c26-21-5-1-19(2-6-21)25(32)30-13-16-34-23(18-30)17-29(10-9-28-11-14-33-15-12-28)24(31)20-3-7-22(27)8-4-20/h1-8,23H,9-18H2. The quantitative estimate of drug-likeness (QED) is 0.598. The van der Waals surface area contributed by atoms with Crippen LogP contribution in [0.4, 0.5) is 4.39 Å². The van der Waals surface area contributed by atoms with E-state index in [0.717, 1.165) is 13.1 Å². The number of nitrogens with zero attached hydrogens (tertiary/aromatic N) is 3. The van der Waals surface area contributed by atoms with E-state index in [2.05, 4.69) is 4.90 Å². The average molecular weight is 490 g/mol. The van der Waals surface area contributed by atoms with Gasteiger partial charge in [-0.15, -0.1) is 0 Å². The monoisotopic (exact) mass is 489 g/mol. The van der Waals surface area contributed by atoms with E-state index in [-0.39, 0.29) is 23.7 Å². The first-order valence-electron chi connectivity index (χ1n) is 11.5. The van der Waals surface area contributed by atoms with E-state index in [1.807, 2.05) is 0 Å². The summed E-state index contributed by atoms with van der Waals surface area (Å²) in [5.41, 5.74) is 0.991. The van der Waals surface area contributed by atoms with Gasteiger partial charge in [-0.1, -0.05) is 11.6 Å². The van der Waals surface area contributed by atoms with Crippen LogP contribution in [0, 0.1) is 5.82 Å². The van der Waals surface area contributed by atoms with Crippen LogP contribution >= 0.6 is 11.6 Å². The Labute approximate surface area is 204 Å². The second-order valence-corrected chi connectivity index (χ2v) is 8.90. The minimum absolute atomic E-state index is 0.0882. The average Bonchev–Trinajstić information content (AvgIpc) is 2.87. The van der Waals surface area contributed by atoms with Gasteiger partial charge in [0.2, 0.25) is 0 Å². The third-order valence-corrected chi connectivity index (χ3v) is 6.36. The van der Waals surface area contributed by atoms with Crippen molar-refractivity contribution < 1.29 is 23.5 Å². The summed E-state index contributed by atoms with van der Waals surface area (Å²) in [6, 6.07) is 12.4. The lowest BCUT2D eigenvalue weighted by Crippen LogP contribution is -2.52. The molecule has 2 aromatic carbocycles. The zero-order valence-electron chi connectivity index (χ0n) is 19.0. The van der Waals surface area contributed by atoms with Gasteiger partial charge in [0, 0.05) is 62.0 Å². The van der Waals surface area contributed by atoms with Gasteiger partial charge in [0.15, 0.2) is 0 Å². The molecule has 0 spiro atoms. The van der Waals surface area contributed by atoms with Crippen LogP contribution in [0.3, 0.4) is 0 Å². The summed E-state index contributed by atoms with van der Waals surface area (Å²) in [4.78, 5) is 32.0. The highest BCUT2D eigenvalue weighted by molar-refractivity contribution is 6.30. The van der Waals surface area contributed by atoms with E-state index >= 15 is 0 Å². The number of benzene rings is 2. The molecule has 0 aromatic heterocycles. The van der Waals surface area contributed by atoms with Gasteiger partial charge in [0.25, 0.3) is 11.8 Å². The summed E-state index contributed by atoms with van der Waals surface area (Å²) in [5, 5.41) is 0.576. The zero-order chi connectivity index (χ0) is 23.9. The van der Waals surface area contributed by atoms with Crippen LogP contribution in [0.15, 0.2) is 48.5 Å². The van der Waals surface area contributed by atoms with Crippen LogP contribution in [0.25, 0.3) is 0 Å². The molecular formula is C25H29ClFN3O4. The highest BCUT2D eigenvalue weighted by Crippen LogP contribution is 2.16. The molecule has 1 atom stereocenters. The van der Waals surface area contributed by atoms with Crippen molar-refractivity contribution in [1.29, 1.82) is 0 Å². The van der Waals surface area contributed by atoms with Crippen LogP contribution in [-0.4, -0.2) is 98.3 Å². The first-order chi connectivity index (χ1) is 16.5. The normalized spacial score (nSPS) is 19.1. The molecule has 182 valence electrons. The van der Waals surface area contributed by atoms with E-state index in [9.17, 15) is 14.0 Å². The van der Waals surface area contributed by atoms with E-state index in [4.69, 9.17) is 21.1 Å². The Morgan fingerprint density at radius 3 is 2.35 bits per heavy atom. The molecule has 2 saturated heterocycles. The number of halogens is 2. The largest absolute Gasteiger partial charge is 0.379 e. The Balaban J connectivity index is 1.43. The SMILES string of the molecule is O=C(c1ccc(Cl)cc1)N1CCOC(CN(CCN2CCOCC2)C(=O)c2ccc(F)cc2)C1. The topological polar surface area (TPSA) is 62.3 Å². The Morgan fingerprint density at radius 2 is 1.65 bits per heavy atom. The third-order valence-electron chi connectivity index (χ3n) is 6.11. The predicted molar refractivity (Wildman–Crippen MR) is 127 cm³/mol. The number of hydrogen-bond donors (Lipinski definition) is 0. The minimum Gasteiger partial charge on any atom is -0.379 e. The maximum absolute atomic E-state index is 13.4. The molecule has 2 heterocycles. The number of morpholine rings is 2. The molecule has 0 N–H and O–H groups in total. The van der Waals surface area contributed by atoms with Gasteiger partial charge in [-0.25, -0.2) is 4.39 Å². The molecule has 7 nitrogen and oxygen atoms in total. The van der Waals surface area contributed by atoms with Crippen molar-refractivity contribution in [3.05, 3.63) is 70.5 Å². The fraction of sp³-hybridized carbons (Fsp3) is 0.440. The van der Waals surface area contributed by atoms with Gasteiger partial charge < -0.3 is 19.3 Å². The van der Waals surface area contributed by atoms with Gasteiger partial charge in [-0.2, -0.15) is 0 Å². The number of amides is 2. The van der Waals surface area contributed by atoms with Crippen LogP contribution in [0.1, 0.15) is 20.7 Å². The van der Waals surface area contributed by atoms with E-state index in [1.54, 1.807) is 34.1 Å². The van der Waals surface area contributed by atoms with Crippen LogP contribution in [-0.2, 0) is 9.47 Å². The lowest BCUT2D eigenvalue weighted by Gasteiger charge is -2.36. The summed E-state index contributed by atoms with van der Waals surface area (Å²) in [5.74, 6) is -0.656. The first-order valence-corrected chi connectivity index (χ1v) is 11.9. The summed E-state index contributed by atoms with van der Waals surface area (Å²) in [7, 11) is 0. The van der Waals surface area contributed by atoms with Crippen molar-refractivity contribution in [2.45, 2.75) is 6.10 Å². The molecule has 9 heteroatoms. The summed E-state index contributed by atoms with van der Waals surface area (Å²) >= 11 is 5.94. The number of carbonyl (C=O) groups excluding carboxylic acids is 2. The maximum Gasteiger partial charge on any atom is 0.254 e. The molecule has 0 aliphatic carbocycles. The van der Waals surface area contributed by atoms with Crippen molar-refractivity contribution >= 4 is 23.4 Å². The molecule has 2 aliphatic heterocycles. The molecule has 34 heavy (non-hydrogen) atoms. The summed E-state index contributed by atoms with van der Waals surface area (Å²) in [6.07, 6.45) is -0.320. The Kier molecular flexibility index (Phi) is 8.50. The molecule has 2 aromatic rings. The van der Waals surface area contributed by atoms with Gasteiger partial charge in [0.1, 0.15) is 5.82 Å². The van der Waals surface area contributed by atoms with Gasteiger partial charge >= 0.3 is 0 Å².